The molecule has 0 saturated carbocycles. The summed E-state index contributed by atoms with van der Waals surface area (Å²) in [4.78, 5) is 4.78. The van der Waals surface area contributed by atoms with Crippen molar-refractivity contribution >= 4 is 0 Å². The number of rotatable bonds is 14. The summed E-state index contributed by atoms with van der Waals surface area (Å²) in [7, 11) is 0. The molecule has 2 heterocycles. The van der Waals surface area contributed by atoms with E-state index in [4.69, 9.17) is 23.9 Å². The van der Waals surface area contributed by atoms with Gasteiger partial charge in [0.15, 0.2) is 0 Å². The molecule has 4 aromatic rings. The van der Waals surface area contributed by atoms with Crippen LogP contribution in [0.4, 0.5) is 0 Å². The first-order valence-corrected chi connectivity index (χ1v) is 21.4. The molecule has 0 radical (unpaired) electrons. The van der Waals surface area contributed by atoms with Crippen molar-refractivity contribution in [3.63, 3.8) is 0 Å². The van der Waals surface area contributed by atoms with Crippen LogP contribution in [0.15, 0.2) is 78.9 Å². The lowest BCUT2D eigenvalue weighted by molar-refractivity contribution is 0.116. The van der Waals surface area contributed by atoms with Gasteiger partial charge in [-0.15, -0.1) is 0 Å². The Morgan fingerprint density at radius 3 is 1.45 bits per heavy atom. The molecule has 0 aliphatic carbocycles. The molecule has 0 amide bonds. The van der Waals surface area contributed by atoms with Gasteiger partial charge in [0.1, 0.15) is 22.9 Å². The molecule has 5 rings (SSSR count). The summed E-state index contributed by atoms with van der Waals surface area (Å²) in [5, 5.41) is 0. The highest BCUT2D eigenvalue weighted by Crippen LogP contribution is 2.20. The number of hydrogen-bond donors (Lipinski definition) is 0. The van der Waals surface area contributed by atoms with E-state index in [-0.39, 0.29) is 0 Å². The van der Waals surface area contributed by atoms with Crippen LogP contribution in [0.25, 0.3) is 0 Å². The number of aromatic nitrogens is 1. The highest BCUT2D eigenvalue weighted by molar-refractivity contribution is 5.51. The SMILES string of the molecule is CCCCCCOCc1cc2cc(c1)C#Cc1cccc(n1)C#Cc1cc(cc(COCCCCCC)c1)C#CCCCCOc1cccc(c1)OCCCCC#C2. The van der Waals surface area contributed by atoms with Gasteiger partial charge in [-0.25, -0.2) is 4.98 Å². The van der Waals surface area contributed by atoms with Crippen molar-refractivity contribution in [2.75, 3.05) is 26.4 Å². The van der Waals surface area contributed by atoms with Crippen molar-refractivity contribution < 1.29 is 18.9 Å². The van der Waals surface area contributed by atoms with E-state index < -0.39 is 0 Å². The second kappa shape index (κ2) is 26.5. The Balaban J connectivity index is 1.38. The molecule has 1 aromatic heterocycles. The smallest absolute Gasteiger partial charge is 0.122 e. The summed E-state index contributed by atoms with van der Waals surface area (Å²) in [6, 6.07) is 26.2. The Kier molecular flexibility index (Phi) is 19.9. The maximum absolute atomic E-state index is 6.06. The average Bonchev–Trinajstić information content (AvgIpc) is 3.24. The van der Waals surface area contributed by atoms with E-state index in [2.05, 4.69) is 85.5 Å². The second-order valence-corrected chi connectivity index (χ2v) is 14.7. The fourth-order valence-electron chi connectivity index (χ4n) is 6.32. The normalized spacial score (nSPS) is 13.0. The summed E-state index contributed by atoms with van der Waals surface area (Å²) in [6.07, 6.45) is 14.7. The van der Waals surface area contributed by atoms with E-state index in [0.717, 1.165) is 109 Å². The van der Waals surface area contributed by atoms with Crippen LogP contribution < -0.4 is 9.47 Å². The van der Waals surface area contributed by atoms with E-state index in [1.807, 2.05) is 54.6 Å². The van der Waals surface area contributed by atoms with Crippen LogP contribution in [-0.2, 0) is 22.7 Å². The van der Waals surface area contributed by atoms with Crippen LogP contribution in [0.3, 0.4) is 0 Å². The van der Waals surface area contributed by atoms with Crippen LogP contribution in [0.5, 0.6) is 11.5 Å². The van der Waals surface area contributed by atoms with Gasteiger partial charge in [0.05, 0.1) is 26.4 Å². The average molecular weight is 774 g/mol. The van der Waals surface area contributed by atoms with Gasteiger partial charge in [0, 0.05) is 54.4 Å². The predicted octanol–water partition coefficient (Wildman–Crippen LogP) is 11.6. The Morgan fingerprint density at radius 1 is 0.500 bits per heavy atom. The fourth-order valence-corrected chi connectivity index (χ4v) is 6.32. The number of unbranched alkanes of at least 4 members (excludes halogenated alkanes) is 6. The molecule has 0 atom stereocenters. The molecule has 300 valence electrons. The molecule has 5 heteroatoms. The Bertz CT molecular complexity index is 1980. The van der Waals surface area contributed by atoms with Crippen LogP contribution in [-0.4, -0.2) is 31.4 Å². The quantitative estimate of drug-likeness (QED) is 0.0943. The van der Waals surface area contributed by atoms with Gasteiger partial charge in [0.25, 0.3) is 0 Å². The van der Waals surface area contributed by atoms with Gasteiger partial charge >= 0.3 is 0 Å². The van der Waals surface area contributed by atoms with E-state index in [1.54, 1.807) is 0 Å². The molecule has 1 aliphatic heterocycles. The molecule has 0 unspecified atom stereocenters. The lowest BCUT2D eigenvalue weighted by atomic mass is 10.1. The Morgan fingerprint density at radius 2 is 0.966 bits per heavy atom. The molecule has 58 heavy (non-hydrogen) atoms. The van der Waals surface area contributed by atoms with E-state index in [9.17, 15) is 0 Å². The summed E-state index contributed by atoms with van der Waals surface area (Å²) in [5.74, 6) is 28.4. The lowest BCUT2D eigenvalue weighted by Crippen LogP contribution is -1.99. The molecular weight excluding hydrogens is 715 g/mol. The standard InChI is InChI=1S/C53H59NO4/c1-3-5-7-15-31-55-42-48-37-44-21-13-9-11-17-33-57-52-25-20-26-53(41-52)58-34-18-12-10-14-22-45-36-47(40-49(38-45)43-56-32-16-8-6-4-2)28-30-51-24-19-23-50(54-51)29-27-46(35-44)39-48/h19-20,23-26,35-41H,3-12,15-18,31-34,42-43H2,1-2H3. The van der Waals surface area contributed by atoms with Gasteiger partial charge in [-0.1, -0.05) is 100 Å². The lowest BCUT2D eigenvalue weighted by Gasteiger charge is -2.09. The second-order valence-electron chi connectivity index (χ2n) is 14.7. The molecule has 0 fully saturated rings. The highest BCUT2D eigenvalue weighted by Gasteiger charge is 2.04. The summed E-state index contributed by atoms with van der Waals surface area (Å²) < 4.78 is 24.2. The molecule has 0 saturated heterocycles. The zero-order chi connectivity index (χ0) is 40.3. The van der Waals surface area contributed by atoms with Gasteiger partial charge < -0.3 is 18.9 Å². The first kappa shape index (κ1) is 43.7. The third-order valence-electron chi connectivity index (χ3n) is 9.43. The number of nitrogens with zero attached hydrogens (tertiary/aromatic N) is 1. The monoisotopic (exact) mass is 773 g/mol. The Labute approximate surface area is 348 Å². The van der Waals surface area contributed by atoms with Crippen molar-refractivity contribution in [2.45, 2.75) is 117 Å². The van der Waals surface area contributed by atoms with Crippen molar-refractivity contribution in [2.24, 2.45) is 0 Å². The van der Waals surface area contributed by atoms with Gasteiger partial charge in [0.2, 0.25) is 0 Å². The number of ether oxygens (including phenoxy) is 4. The first-order valence-electron chi connectivity index (χ1n) is 21.4. The van der Waals surface area contributed by atoms with Crippen LogP contribution in [0.2, 0.25) is 0 Å². The van der Waals surface area contributed by atoms with Crippen LogP contribution in [0, 0.1) is 47.4 Å². The Hall–Kier alpha value is -5.43. The van der Waals surface area contributed by atoms with Gasteiger partial charge in [-0.2, -0.15) is 0 Å². The maximum atomic E-state index is 6.06. The molecule has 8 bridgehead atoms. The van der Waals surface area contributed by atoms with Gasteiger partial charge in [-0.05, 0) is 122 Å². The van der Waals surface area contributed by atoms with Crippen molar-refractivity contribution in [3.8, 4) is 58.9 Å². The molecule has 5 nitrogen and oxygen atoms in total. The predicted molar refractivity (Wildman–Crippen MR) is 236 cm³/mol. The molecule has 1 aliphatic rings. The molecule has 3 aromatic carbocycles. The van der Waals surface area contributed by atoms with Crippen molar-refractivity contribution in [1.29, 1.82) is 0 Å². The van der Waals surface area contributed by atoms with Crippen molar-refractivity contribution in [1.82, 2.24) is 4.98 Å². The number of pyridine rings is 1. The largest absolute Gasteiger partial charge is 0.493 e. The first-order chi connectivity index (χ1) is 28.7. The molecule has 0 spiro atoms. The van der Waals surface area contributed by atoms with Crippen molar-refractivity contribution in [3.05, 3.63) is 124 Å². The molecular formula is C53H59NO4. The van der Waals surface area contributed by atoms with E-state index in [1.165, 1.54) is 38.5 Å². The van der Waals surface area contributed by atoms with E-state index in [0.29, 0.717) is 37.8 Å². The van der Waals surface area contributed by atoms with Crippen LogP contribution >= 0.6 is 0 Å². The summed E-state index contributed by atoms with van der Waals surface area (Å²) in [6.45, 7) is 8.27. The zero-order valence-electron chi connectivity index (χ0n) is 34.7. The highest BCUT2D eigenvalue weighted by atomic mass is 16.5. The minimum absolute atomic E-state index is 0.531. The number of hydrogen-bond acceptors (Lipinski definition) is 5. The number of benzene rings is 3. The van der Waals surface area contributed by atoms with Crippen LogP contribution in [0.1, 0.15) is 149 Å². The minimum atomic E-state index is 0.531. The van der Waals surface area contributed by atoms with E-state index >= 15 is 0 Å². The summed E-state index contributed by atoms with van der Waals surface area (Å²) >= 11 is 0. The third-order valence-corrected chi connectivity index (χ3v) is 9.43. The molecule has 0 N–H and O–H groups in total. The third kappa shape index (κ3) is 17.4. The van der Waals surface area contributed by atoms with Gasteiger partial charge in [-0.3, -0.25) is 0 Å². The summed E-state index contributed by atoms with van der Waals surface area (Å²) in [5.41, 5.74) is 7.09. The zero-order valence-corrected chi connectivity index (χ0v) is 34.7. The maximum Gasteiger partial charge on any atom is 0.122 e. The minimum Gasteiger partial charge on any atom is -0.493 e. The topological polar surface area (TPSA) is 49.8 Å². The fraction of sp³-hybridized carbons (Fsp3) is 0.415. The number of fused-ring (bicyclic) bond motifs is 8.